The van der Waals surface area contributed by atoms with Gasteiger partial charge in [0.05, 0.1) is 5.92 Å². The second kappa shape index (κ2) is 8.56. The first-order valence-electron chi connectivity index (χ1n) is 9.14. The van der Waals surface area contributed by atoms with Crippen molar-refractivity contribution in [2.75, 3.05) is 5.32 Å². The third-order valence-electron chi connectivity index (χ3n) is 4.42. The summed E-state index contributed by atoms with van der Waals surface area (Å²) in [6.07, 6.45) is 0. The maximum Gasteiger partial charge on any atom is 0.308 e. The molecule has 0 fully saturated rings. The van der Waals surface area contributed by atoms with E-state index >= 15 is 0 Å². The molecule has 0 bridgehead atoms. The Hall–Kier alpha value is -3.67. The van der Waals surface area contributed by atoms with Crippen molar-refractivity contribution >= 4 is 34.3 Å². The summed E-state index contributed by atoms with van der Waals surface area (Å²) in [7, 11) is 0. The Bertz CT molecular complexity index is 1080. The summed E-state index contributed by atoms with van der Waals surface area (Å²) in [4.78, 5) is 35.5. The van der Waals surface area contributed by atoms with E-state index in [2.05, 4.69) is 5.32 Å². The SMILES string of the molecule is CC(=O)Oc1ccc(C(C)C(=O)Nc2cccc3ccccc23)cc1OC(C)=O. The van der Waals surface area contributed by atoms with E-state index in [1.54, 1.807) is 13.0 Å². The quantitative estimate of drug-likeness (QED) is 0.514. The Kier molecular flexibility index (Phi) is 5.93. The maximum absolute atomic E-state index is 12.8. The number of carbonyl (C=O) groups excluding carboxylic acids is 3. The van der Waals surface area contributed by atoms with E-state index in [1.165, 1.54) is 26.0 Å². The van der Waals surface area contributed by atoms with Gasteiger partial charge in [0, 0.05) is 24.9 Å². The van der Waals surface area contributed by atoms with E-state index in [-0.39, 0.29) is 17.4 Å². The number of benzene rings is 3. The predicted molar refractivity (Wildman–Crippen MR) is 110 cm³/mol. The third kappa shape index (κ3) is 4.79. The van der Waals surface area contributed by atoms with Gasteiger partial charge >= 0.3 is 11.9 Å². The van der Waals surface area contributed by atoms with E-state index in [9.17, 15) is 14.4 Å². The molecule has 29 heavy (non-hydrogen) atoms. The highest BCUT2D eigenvalue weighted by Gasteiger charge is 2.20. The zero-order valence-corrected chi connectivity index (χ0v) is 16.4. The lowest BCUT2D eigenvalue weighted by Crippen LogP contribution is -2.19. The minimum absolute atomic E-state index is 0.0926. The summed E-state index contributed by atoms with van der Waals surface area (Å²) >= 11 is 0. The number of fused-ring (bicyclic) bond motifs is 1. The monoisotopic (exact) mass is 391 g/mol. The molecule has 148 valence electrons. The van der Waals surface area contributed by atoms with E-state index < -0.39 is 17.9 Å². The highest BCUT2D eigenvalue weighted by atomic mass is 16.6. The number of nitrogens with one attached hydrogen (secondary N) is 1. The number of hydrogen-bond acceptors (Lipinski definition) is 5. The molecule has 0 aliphatic carbocycles. The smallest absolute Gasteiger partial charge is 0.308 e. The number of ether oxygens (including phenoxy) is 2. The molecule has 0 aliphatic heterocycles. The van der Waals surface area contributed by atoms with Gasteiger partial charge in [-0.05, 0) is 36.1 Å². The minimum atomic E-state index is -0.552. The average Bonchev–Trinajstić information content (AvgIpc) is 2.68. The lowest BCUT2D eigenvalue weighted by atomic mass is 9.99. The number of hydrogen-bond donors (Lipinski definition) is 1. The van der Waals surface area contributed by atoms with Crippen molar-refractivity contribution in [2.45, 2.75) is 26.7 Å². The Morgan fingerprint density at radius 1 is 0.828 bits per heavy atom. The van der Waals surface area contributed by atoms with Crippen LogP contribution in [0.3, 0.4) is 0 Å². The third-order valence-corrected chi connectivity index (χ3v) is 4.42. The Morgan fingerprint density at radius 2 is 1.48 bits per heavy atom. The summed E-state index contributed by atoms with van der Waals surface area (Å²) in [6.45, 7) is 4.26. The molecule has 6 heteroatoms. The first-order chi connectivity index (χ1) is 13.8. The standard InChI is InChI=1S/C23H21NO5/c1-14(18-11-12-21(28-15(2)25)22(13-18)29-16(3)26)23(27)24-20-10-6-8-17-7-4-5-9-19(17)20/h4-14H,1-3H3,(H,24,27). The van der Waals surface area contributed by atoms with Crippen LogP contribution in [0.15, 0.2) is 60.7 Å². The van der Waals surface area contributed by atoms with Gasteiger partial charge in [-0.15, -0.1) is 0 Å². The second-order valence-corrected chi connectivity index (χ2v) is 6.63. The largest absolute Gasteiger partial charge is 0.423 e. The number of amides is 1. The van der Waals surface area contributed by atoms with Crippen LogP contribution in [-0.2, 0) is 14.4 Å². The van der Waals surface area contributed by atoms with Crippen molar-refractivity contribution in [3.63, 3.8) is 0 Å². The van der Waals surface area contributed by atoms with Crippen LogP contribution in [0.1, 0.15) is 32.3 Å². The van der Waals surface area contributed by atoms with E-state index in [0.29, 0.717) is 5.56 Å². The van der Waals surface area contributed by atoms with Crippen LogP contribution in [0.25, 0.3) is 10.8 Å². The second-order valence-electron chi connectivity index (χ2n) is 6.63. The van der Waals surface area contributed by atoms with Gasteiger partial charge in [0.2, 0.25) is 5.91 Å². The fourth-order valence-corrected chi connectivity index (χ4v) is 2.99. The number of rotatable bonds is 5. The Balaban J connectivity index is 1.86. The molecule has 3 aromatic carbocycles. The van der Waals surface area contributed by atoms with Gasteiger partial charge in [-0.3, -0.25) is 14.4 Å². The van der Waals surface area contributed by atoms with Crippen LogP contribution in [0.5, 0.6) is 11.5 Å². The fraction of sp³-hybridized carbons (Fsp3) is 0.174. The molecule has 0 saturated carbocycles. The van der Waals surface area contributed by atoms with Crippen molar-refractivity contribution in [1.29, 1.82) is 0 Å². The van der Waals surface area contributed by atoms with E-state index in [0.717, 1.165) is 16.5 Å². The highest BCUT2D eigenvalue weighted by Crippen LogP contribution is 2.32. The molecular weight excluding hydrogens is 370 g/mol. The van der Waals surface area contributed by atoms with Crippen LogP contribution in [-0.4, -0.2) is 17.8 Å². The summed E-state index contributed by atoms with van der Waals surface area (Å²) in [6, 6.07) is 18.2. The first kappa shape index (κ1) is 20.1. The van der Waals surface area contributed by atoms with Crippen LogP contribution in [0, 0.1) is 0 Å². The minimum Gasteiger partial charge on any atom is -0.423 e. The molecule has 1 N–H and O–H groups in total. The van der Waals surface area contributed by atoms with Crippen LogP contribution in [0.2, 0.25) is 0 Å². The van der Waals surface area contributed by atoms with Crippen LogP contribution >= 0.6 is 0 Å². The predicted octanol–water partition coefficient (Wildman–Crippen LogP) is 4.43. The molecule has 1 amide bonds. The fourth-order valence-electron chi connectivity index (χ4n) is 2.99. The van der Waals surface area contributed by atoms with Crippen molar-refractivity contribution in [1.82, 2.24) is 0 Å². The summed E-state index contributed by atoms with van der Waals surface area (Å²) in [5.74, 6) is -1.62. The molecule has 0 radical (unpaired) electrons. The first-order valence-corrected chi connectivity index (χ1v) is 9.14. The van der Waals surface area contributed by atoms with Crippen molar-refractivity contribution in [3.05, 3.63) is 66.2 Å². The van der Waals surface area contributed by atoms with Gasteiger partial charge in [-0.2, -0.15) is 0 Å². The lowest BCUT2D eigenvalue weighted by molar-refractivity contribution is -0.134. The highest BCUT2D eigenvalue weighted by molar-refractivity contribution is 6.04. The molecule has 0 aromatic heterocycles. The topological polar surface area (TPSA) is 81.7 Å². The average molecular weight is 391 g/mol. The molecule has 3 rings (SSSR count). The molecular formula is C23H21NO5. The molecule has 0 aliphatic rings. The van der Waals surface area contributed by atoms with Crippen LogP contribution < -0.4 is 14.8 Å². The van der Waals surface area contributed by atoms with Crippen molar-refractivity contribution < 1.29 is 23.9 Å². The Morgan fingerprint density at radius 3 is 2.21 bits per heavy atom. The van der Waals surface area contributed by atoms with Crippen molar-refractivity contribution in [2.24, 2.45) is 0 Å². The maximum atomic E-state index is 12.8. The number of carbonyl (C=O) groups is 3. The van der Waals surface area contributed by atoms with Gasteiger partial charge in [0.15, 0.2) is 11.5 Å². The lowest BCUT2D eigenvalue weighted by Gasteiger charge is -2.16. The molecule has 0 heterocycles. The number of esters is 2. The summed E-state index contributed by atoms with van der Waals surface area (Å²) in [5.41, 5.74) is 1.34. The Labute approximate surface area is 168 Å². The number of anilines is 1. The zero-order chi connectivity index (χ0) is 21.0. The zero-order valence-electron chi connectivity index (χ0n) is 16.4. The molecule has 6 nitrogen and oxygen atoms in total. The van der Waals surface area contributed by atoms with Gasteiger partial charge in [-0.25, -0.2) is 0 Å². The van der Waals surface area contributed by atoms with Gasteiger partial charge in [-0.1, -0.05) is 42.5 Å². The molecule has 3 aromatic rings. The normalized spacial score (nSPS) is 11.6. The molecule has 0 saturated heterocycles. The molecule has 1 atom stereocenters. The van der Waals surface area contributed by atoms with Crippen LogP contribution in [0.4, 0.5) is 5.69 Å². The summed E-state index contributed by atoms with van der Waals surface area (Å²) in [5, 5.41) is 4.93. The van der Waals surface area contributed by atoms with Gasteiger partial charge in [0.1, 0.15) is 0 Å². The van der Waals surface area contributed by atoms with Gasteiger partial charge < -0.3 is 14.8 Å². The molecule has 1 unspecified atom stereocenters. The van der Waals surface area contributed by atoms with E-state index in [1.807, 2.05) is 42.5 Å². The summed E-state index contributed by atoms with van der Waals surface area (Å²) < 4.78 is 10.2. The van der Waals surface area contributed by atoms with Crippen molar-refractivity contribution in [3.8, 4) is 11.5 Å². The molecule has 0 spiro atoms. The van der Waals surface area contributed by atoms with E-state index in [4.69, 9.17) is 9.47 Å². The van der Waals surface area contributed by atoms with Gasteiger partial charge in [0.25, 0.3) is 0 Å².